The highest BCUT2D eigenvalue weighted by Gasteiger charge is 2.18. The molecule has 4 rings (SSSR count). The number of ether oxygens (including phenoxy) is 1. The number of halogens is 2. The molecule has 0 radical (unpaired) electrons. The molecule has 0 atom stereocenters. The lowest BCUT2D eigenvalue weighted by Crippen LogP contribution is -2.25. The maximum absolute atomic E-state index is 12.7. The number of carbonyl (C=O) groups excluding carboxylic acids is 2. The topological polar surface area (TPSA) is 98.1 Å². The van der Waals surface area contributed by atoms with Crippen molar-refractivity contribution in [2.24, 2.45) is 0 Å². The molecule has 0 bridgehead atoms. The number of aryl methyl sites for hydroxylation is 1. The van der Waals surface area contributed by atoms with Crippen LogP contribution in [0, 0.1) is 6.92 Å². The second-order valence-corrected chi connectivity index (χ2v) is 9.96. The van der Waals surface area contributed by atoms with Gasteiger partial charge in [0.2, 0.25) is 5.91 Å². The highest BCUT2D eigenvalue weighted by atomic mass is 35.5. The van der Waals surface area contributed by atoms with Crippen molar-refractivity contribution in [1.29, 1.82) is 0 Å². The Morgan fingerprint density at radius 2 is 1.82 bits per heavy atom. The van der Waals surface area contributed by atoms with E-state index in [1.165, 1.54) is 17.8 Å². The zero-order valence-corrected chi connectivity index (χ0v) is 23.0. The number of hydrogen-bond acceptors (Lipinski definition) is 6. The zero-order chi connectivity index (χ0) is 27.1. The molecule has 196 valence electrons. The van der Waals surface area contributed by atoms with E-state index in [0.29, 0.717) is 33.9 Å². The van der Waals surface area contributed by atoms with E-state index in [1.807, 2.05) is 42.7 Å². The van der Waals surface area contributed by atoms with Gasteiger partial charge in [-0.1, -0.05) is 47.1 Å². The van der Waals surface area contributed by atoms with Crippen LogP contribution in [0.2, 0.25) is 10.0 Å². The molecule has 11 heteroatoms. The van der Waals surface area contributed by atoms with Crippen LogP contribution in [0.1, 0.15) is 28.7 Å². The average molecular weight is 571 g/mol. The van der Waals surface area contributed by atoms with Crippen molar-refractivity contribution in [3.05, 3.63) is 93.7 Å². The van der Waals surface area contributed by atoms with Crippen molar-refractivity contribution in [2.45, 2.75) is 25.5 Å². The molecular weight excluding hydrogens is 545 g/mol. The summed E-state index contributed by atoms with van der Waals surface area (Å²) in [6.07, 6.45) is 0. The summed E-state index contributed by atoms with van der Waals surface area (Å²) in [6.45, 7) is 4.56. The van der Waals surface area contributed by atoms with Crippen molar-refractivity contribution >= 4 is 52.5 Å². The molecule has 0 fully saturated rings. The van der Waals surface area contributed by atoms with Crippen LogP contribution < -0.4 is 15.4 Å². The van der Waals surface area contributed by atoms with E-state index in [0.717, 1.165) is 17.0 Å². The predicted molar refractivity (Wildman–Crippen MR) is 151 cm³/mol. The van der Waals surface area contributed by atoms with Gasteiger partial charge in [-0.05, 0) is 74.0 Å². The number of aromatic nitrogens is 3. The Bertz CT molecular complexity index is 1440. The van der Waals surface area contributed by atoms with Gasteiger partial charge in [0.1, 0.15) is 5.75 Å². The molecule has 4 aromatic rings. The largest absolute Gasteiger partial charge is 0.494 e. The van der Waals surface area contributed by atoms with Crippen LogP contribution in [0.4, 0.5) is 5.69 Å². The summed E-state index contributed by atoms with van der Waals surface area (Å²) < 4.78 is 7.26. The summed E-state index contributed by atoms with van der Waals surface area (Å²) in [6, 6.07) is 19.7. The number of carbonyl (C=O) groups is 2. The normalized spacial score (nSPS) is 10.7. The lowest BCUT2D eigenvalue weighted by molar-refractivity contribution is -0.113. The number of nitrogens with zero attached hydrogens (tertiary/aromatic N) is 3. The lowest BCUT2D eigenvalue weighted by Gasteiger charge is -2.12. The zero-order valence-electron chi connectivity index (χ0n) is 20.7. The SMILES string of the molecule is CCOc1ccc(NC(=O)CSc2nnc(CNC(=O)c3ccc(Cl)cc3Cl)n2-c2cccc(C)c2)cc1. The molecule has 0 saturated carbocycles. The third kappa shape index (κ3) is 7.06. The van der Waals surface area contributed by atoms with Gasteiger partial charge in [-0.2, -0.15) is 0 Å². The van der Waals surface area contributed by atoms with E-state index >= 15 is 0 Å². The van der Waals surface area contributed by atoms with Gasteiger partial charge in [0.25, 0.3) is 5.91 Å². The molecule has 0 aliphatic carbocycles. The first-order chi connectivity index (χ1) is 18.3. The highest BCUT2D eigenvalue weighted by molar-refractivity contribution is 7.99. The van der Waals surface area contributed by atoms with Crippen LogP contribution in [0.25, 0.3) is 5.69 Å². The number of rotatable bonds is 10. The predicted octanol–water partition coefficient (Wildman–Crippen LogP) is 5.94. The molecule has 0 aliphatic rings. The Kier molecular flexibility index (Phi) is 9.28. The van der Waals surface area contributed by atoms with Gasteiger partial charge in [0, 0.05) is 16.4 Å². The minimum Gasteiger partial charge on any atom is -0.494 e. The number of nitrogens with one attached hydrogen (secondary N) is 2. The van der Waals surface area contributed by atoms with E-state index in [1.54, 1.807) is 36.4 Å². The number of hydrogen-bond donors (Lipinski definition) is 2. The van der Waals surface area contributed by atoms with Crippen LogP contribution >= 0.6 is 35.0 Å². The minimum absolute atomic E-state index is 0.0949. The first-order valence-electron chi connectivity index (χ1n) is 11.7. The van der Waals surface area contributed by atoms with Crippen molar-refractivity contribution in [3.63, 3.8) is 0 Å². The fourth-order valence-corrected chi connectivity index (χ4v) is 4.86. The van der Waals surface area contributed by atoms with Crippen molar-refractivity contribution in [2.75, 3.05) is 17.7 Å². The molecule has 1 aromatic heterocycles. The third-order valence-electron chi connectivity index (χ3n) is 5.32. The van der Waals surface area contributed by atoms with Crippen LogP contribution in [0.3, 0.4) is 0 Å². The van der Waals surface area contributed by atoms with Crippen molar-refractivity contribution < 1.29 is 14.3 Å². The molecule has 0 saturated heterocycles. The number of amides is 2. The summed E-state index contributed by atoms with van der Waals surface area (Å²) in [5.41, 5.74) is 2.84. The van der Waals surface area contributed by atoms with Gasteiger partial charge in [0.15, 0.2) is 11.0 Å². The maximum Gasteiger partial charge on any atom is 0.253 e. The second-order valence-electron chi connectivity index (χ2n) is 8.17. The van der Waals surface area contributed by atoms with Gasteiger partial charge in [-0.15, -0.1) is 10.2 Å². The quantitative estimate of drug-likeness (QED) is 0.229. The second kappa shape index (κ2) is 12.8. The number of benzene rings is 3. The van der Waals surface area contributed by atoms with Crippen LogP contribution in [0.5, 0.6) is 5.75 Å². The Morgan fingerprint density at radius 3 is 2.53 bits per heavy atom. The van der Waals surface area contributed by atoms with Gasteiger partial charge in [-0.25, -0.2) is 0 Å². The first kappa shape index (κ1) is 27.5. The van der Waals surface area contributed by atoms with Crippen LogP contribution in [-0.2, 0) is 11.3 Å². The molecule has 3 aromatic carbocycles. The lowest BCUT2D eigenvalue weighted by atomic mass is 10.2. The molecule has 8 nitrogen and oxygen atoms in total. The Morgan fingerprint density at radius 1 is 1.03 bits per heavy atom. The summed E-state index contributed by atoms with van der Waals surface area (Å²) in [5, 5.41) is 15.5. The van der Waals surface area contributed by atoms with E-state index in [2.05, 4.69) is 20.8 Å². The molecule has 0 aliphatic heterocycles. The minimum atomic E-state index is -0.366. The van der Waals surface area contributed by atoms with Crippen molar-refractivity contribution in [1.82, 2.24) is 20.1 Å². The summed E-state index contributed by atoms with van der Waals surface area (Å²) in [5.74, 6) is 0.802. The fraction of sp³-hybridized carbons (Fsp3) is 0.185. The van der Waals surface area contributed by atoms with Crippen molar-refractivity contribution in [3.8, 4) is 11.4 Å². The van der Waals surface area contributed by atoms with Gasteiger partial charge in [0.05, 0.1) is 29.5 Å². The summed E-state index contributed by atoms with van der Waals surface area (Å²) in [7, 11) is 0. The molecule has 1 heterocycles. The van der Waals surface area contributed by atoms with E-state index in [-0.39, 0.29) is 29.1 Å². The third-order valence-corrected chi connectivity index (χ3v) is 6.80. The number of thioether (sulfide) groups is 1. The first-order valence-corrected chi connectivity index (χ1v) is 13.5. The molecule has 0 spiro atoms. The summed E-state index contributed by atoms with van der Waals surface area (Å²) in [4.78, 5) is 25.4. The summed E-state index contributed by atoms with van der Waals surface area (Å²) >= 11 is 13.4. The molecule has 2 N–H and O–H groups in total. The van der Waals surface area contributed by atoms with E-state index < -0.39 is 0 Å². The molecule has 38 heavy (non-hydrogen) atoms. The molecular formula is C27H25Cl2N5O3S. The Labute approximate surface area is 234 Å². The number of anilines is 1. The molecule has 0 unspecified atom stereocenters. The fourth-order valence-electron chi connectivity index (χ4n) is 3.59. The monoisotopic (exact) mass is 569 g/mol. The van der Waals surface area contributed by atoms with Gasteiger partial charge >= 0.3 is 0 Å². The van der Waals surface area contributed by atoms with Crippen LogP contribution in [-0.4, -0.2) is 38.9 Å². The van der Waals surface area contributed by atoms with Gasteiger partial charge in [-0.3, -0.25) is 14.2 Å². The smallest absolute Gasteiger partial charge is 0.253 e. The standard InChI is InChI=1S/C27H25Cl2N5O3S/c1-3-37-21-10-8-19(9-11-21)31-25(35)16-38-27-33-32-24(34(27)20-6-4-5-17(2)13-20)15-30-26(36)22-12-7-18(28)14-23(22)29/h4-14H,3,15-16H2,1-2H3,(H,30,36)(H,31,35). The van der Waals surface area contributed by atoms with Gasteiger partial charge < -0.3 is 15.4 Å². The highest BCUT2D eigenvalue weighted by Crippen LogP contribution is 2.24. The van der Waals surface area contributed by atoms with E-state index in [9.17, 15) is 9.59 Å². The Balaban J connectivity index is 1.48. The maximum atomic E-state index is 12.7. The Hall–Kier alpha value is -3.53. The average Bonchev–Trinajstić information content (AvgIpc) is 3.30. The molecule has 2 amide bonds. The van der Waals surface area contributed by atoms with E-state index in [4.69, 9.17) is 27.9 Å². The van der Waals surface area contributed by atoms with Crippen LogP contribution in [0.15, 0.2) is 71.9 Å².